The van der Waals surface area contributed by atoms with Crippen LogP contribution in [0.4, 0.5) is 0 Å². The molecule has 0 saturated heterocycles. The fraction of sp³-hybridized carbons (Fsp3) is 0.538. The van der Waals surface area contributed by atoms with Crippen LogP contribution in [0.15, 0.2) is 60.7 Å². The molecule has 0 heterocycles. The van der Waals surface area contributed by atoms with Crippen LogP contribution in [-0.2, 0) is 4.43 Å². The van der Waals surface area contributed by atoms with Gasteiger partial charge in [-0.05, 0) is 28.3 Å². The van der Waals surface area contributed by atoms with Gasteiger partial charge in [-0.25, -0.2) is 0 Å². The molecule has 0 bridgehead atoms. The maximum atomic E-state index is 10.5. The highest BCUT2D eigenvalue weighted by Crippen LogP contribution is 2.36. The third-order valence-electron chi connectivity index (χ3n) is 5.83. The summed E-state index contributed by atoms with van der Waals surface area (Å²) < 4.78 is 6.86. The minimum atomic E-state index is -2.48. The van der Waals surface area contributed by atoms with Crippen LogP contribution < -0.4 is 10.4 Å². The third kappa shape index (κ3) is 6.53. The smallest absolute Gasteiger partial charge is 0.261 e. The lowest BCUT2D eigenvalue weighted by atomic mass is 10.1. The first-order chi connectivity index (χ1) is 13.9. The molecule has 0 aromatic heterocycles. The van der Waals surface area contributed by atoms with E-state index >= 15 is 0 Å². The monoisotopic (exact) mass is 412 g/mol. The van der Waals surface area contributed by atoms with Gasteiger partial charge in [-0.1, -0.05) is 120 Å². The van der Waals surface area contributed by atoms with Gasteiger partial charge < -0.3 is 9.53 Å². The van der Waals surface area contributed by atoms with E-state index in [9.17, 15) is 5.11 Å². The molecule has 1 N–H and O–H groups in total. The van der Waals surface area contributed by atoms with Gasteiger partial charge in [0, 0.05) is 6.61 Å². The van der Waals surface area contributed by atoms with Gasteiger partial charge in [-0.2, -0.15) is 0 Å². The fourth-order valence-corrected chi connectivity index (χ4v) is 8.82. The van der Waals surface area contributed by atoms with Gasteiger partial charge in [0.1, 0.15) is 0 Å². The van der Waals surface area contributed by atoms with E-state index in [-0.39, 0.29) is 11.1 Å². The average molecular weight is 413 g/mol. The van der Waals surface area contributed by atoms with E-state index in [2.05, 4.69) is 88.4 Å². The lowest BCUT2D eigenvalue weighted by Crippen LogP contribution is -2.66. The molecule has 0 amide bonds. The Morgan fingerprint density at radius 2 is 1.31 bits per heavy atom. The zero-order valence-corrected chi connectivity index (χ0v) is 19.9. The van der Waals surface area contributed by atoms with Crippen LogP contribution in [-0.4, -0.2) is 26.1 Å². The predicted molar refractivity (Wildman–Crippen MR) is 128 cm³/mol. The molecular formula is C26H40O2Si. The molecule has 2 aromatic rings. The predicted octanol–water partition coefficient (Wildman–Crippen LogP) is 5.67. The van der Waals surface area contributed by atoms with E-state index in [0.29, 0.717) is 13.0 Å². The van der Waals surface area contributed by atoms with Gasteiger partial charge in [0.2, 0.25) is 0 Å². The highest BCUT2D eigenvalue weighted by molar-refractivity contribution is 6.99. The maximum absolute atomic E-state index is 10.5. The van der Waals surface area contributed by atoms with E-state index in [1.165, 1.54) is 36.1 Å². The maximum Gasteiger partial charge on any atom is 0.261 e. The summed E-state index contributed by atoms with van der Waals surface area (Å²) in [5.41, 5.74) is 0. The Kier molecular flexibility index (Phi) is 9.61. The van der Waals surface area contributed by atoms with Crippen molar-refractivity contribution in [2.24, 2.45) is 0 Å². The Bertz CT molecular complexity index is 639. The van der Waals surface area contributed by atoms with E-state index in [4.69, 9.17) is 4.43 Å². The van der Waals surface area contributed by atoms with Crippen molar-refractivity contribution in [1.82, 2.24) is 0 Å². The number of hydrogen-bond acceptors (Lipinski definition) is 2. The molecule has 0 aliphatic heterocycles. The summed E-state index contributed by atoms with van der Waals surface area (Å²) in [5.74, 6) is 0. The second-order valence-corrected chi connectivity index (χ2v) is 13.5. The lowest BCUT2D eigenvalue weighted by molar-refractivity contribution is 0.125. The van der Waals surface area contributed by atoms with Gasteiger partial charge in [-0.15, -0.1) is 0 Å². The van der Waals surface area contributed by atoms with E-state index in [1.54, 1.807) is 0 Å². The molecule has 160 valence electrons. The van der Waals surface area contributed by atoms with Crippen molar-refractivity contribution in [3.63, 3.8) is 0 Å². The summed E-state index contributed by atoms with van der Waals surface area (Å²) in [6, 6.07) is 21.4. The van der Waals surface area contributed by atoms with Crippen molar-refractivity contribution in [3.05, 3.63) is 60.7 Å². The summed E-state index contributed by atoms with van der Waals surface area (Å²) in [6.45, 7) is 9.72. The van der Waals surface area contributed by atoms with Crippen molar-refractivity contribution in [2.75, 3.05) is 6.61 Å². The van der Waals surface area contributed by atoms with Crippen LogP contribution in [0, 0.1) is 0 Å². The molecule has 29 heavy (non-hydrogen) atoms. The van der Waals surface area contributed by atoms with E-state index < -0.39 is 8.32 Å². The first kappa shape index (κ1) is 23.9. The molecule has 0 radical (unpaired) electrons. The third-order valence-corrected chi connectivity index (χ3v) is 10.9. The largest absolute Gasteiger partial charge is 0.407 e. The fourth-order valence-electron chi connectivity index (χ4n) is 4.24. The van der Waals surface area contributed by atoms with Gasteiger partial charge in [0.25, 0.3) is 8.32 Å². The van der Waals surface area contributed by atoms with Crippen LogP contribution in [0.3, 0.4) is 0 Å². The Morgan fingerprint density at radius 1 is 0.793 bits per heavy atom. The average Bonchev–Trinajstić information content (AvgIpc) is 2.71. The molecule has 0 unspecified atom stereocenters. The molecule has 0 spiro atoms. The summed E-state index contributed by atoms with van der Waals surface area (Å²) in [7, 11) is -2.48. The Hall–Kier alpha value is -1.42. The normalized spacial score (nSPS) is 13.4. The van der Waals surface area contributed by atoms with Gasteiger partial charge in [0.05, 0.1) is 6.10 Å². The van der Waals surface area contributed by atoms with E-state index in [0.717, 1.165) is 12.8 Å². The number of aliphatic hydroxyl groups excluding tert-OH is 1. The van der Waals surface area contributed by atoms with Crippen molar-refractivity contribution in [2.45, 2.75) is 83.8 Å². The highest BCUT2D eigenvalue weighted by atomic mass is 28.4. The Labute approximate surface area is 179 Å². The zero-order chi connectivity index (χ0) is 21.2. The number of rotatable bonds is 12. The van der Waals surface area contributed by atoms with Gasteiger partial charge in [0.15, 0.2) is 0 Å². The highest BCUT2D eigenvalue weighted by Gasteiger charge is 2.49. The van der Waals surface area contributed by atoms with Crippen molar-refractivity contribution in [1.29, 1.82) is 0 Å². The van der Waals surface area contributed by atoms with Gasteiger partial charge in [-0.3, -0.25) is 0 Å². The van der Waals surface area contributed by atoms with Crippen molar-refractivity contribution < 1.29 is 9.53 Å². The molecule has 1 atom stereocenters. The molecule has 2 rings (SSSR count). The quantitative estimate of drug-likeness (QED) is 0.359. The second kappa shape index (κ2) is 11.7. The van der Waals surface area contributed by atoms with Crippen LogP contribution in [0.1, 0.15) is 72.6 Å². The van der Waals surface area contributed by atoms with E-state index in [1.807, 2.05) is 0 Å². The van der Waals surface area contributed by atoms with Crippen LogP contribution in [0.2, 0.25) is 5.04 Å². The first-order valence-corrected chi connectivity index (χ1v) is 13.3. The molecule has 0 saturated carbocycles. The lowest BCUT2D eigenvalue weighted by Gasteiger charge is -2.43. The summed E-state index contributed by atoms with van der Waals surface area (Å²) >= 11 is 0. The van der Waals surface area contributed by atoms with Gasteiger partial charge >= 0.3 is 0 Å². The van der Waals surface area contributed by atoms with Crippen LogP contribution >= 0.6 is 0 Å². The van der Waals surface area contributed by atoms with Crippen molar-refractivity contribution >= 4 is 18.7 Å². The Morgan fingerprint density at radius 3 is 1.79 bits per heavy atom. The molecular weight excluding hydrogens is 372 g/mol. The number of unbranched alkanes of at least 4 members (excludes halogenated alkanes) is 4. The molecule has 3 heteroatoms. The number of benzene rings is 2. The molecule has 0 aliphatic rings. The summed E-state index contributed by atoms with van der Waals surface area (Å²) in [4.78, 5) is 0. The molecule has 0 fully saturated rings. The molecule has 2 nitrogen and oxygen atoms in total. The molecule has 0 aliphatic carbocycles. The number of aliphatic hydroxyl groups is 1. The van der Waals surface area contributed by atoms with Crippen LogP contribution in [0.5, 0.6) is 0 Å². The summed E-state index contributed by atoms with van der Waals surface area (Å²) in [6.07, 6.45) is 7.49. The first-order valence-electron chi connectivity index (χ1n) is 11.3. The number of hydrogen-bond donors (Lipinski definition) is 1. The van der Waals surface area contributed by atoms with Crippen molar-refractivity contribution in [3.8, 4) is 0 Å². The standard InChI is InChI=1S/C26H40O2Si/c1-5-6-7-8-11-16-23(27)21-22-28-29(26(2,3)4,24-17-12-9-13-18-24)25-19-14-10-15-20-25/h9-10,12-15,17-20,23,27H,5-8,11,16,21-22H2,1-4H3/t23-/m0/s1. The minimum Gasteiger partial charge on any atom is -0.407 e. The summed E-state index contributed by atoms with van der Waals surface area (Å²) in [5, 5.41) is 13.1. The topological polar surface area (TPSA) is 29.5 Å². The zero-order valence-electron chi connectivity index (χ0n) is 18.9. The Balaban J connectivity index is 2.13. The second-order valence-electron chi connectivity index (χ2n) is 9.16. The van der Waals surface area contributed by atoms with Crippen LogP contribution in [0.25, 0.3) is 0 Å². The minimum absolute atomic E-state index is 0.0131. The SMILES string of the molecule is CCCCCCC[C@H](O)CCO[Si](c1ccccc1)(c1ccccc1)C(C)(C)C. The molecule has 2 aromatic carbocycles.